The smallest absolute Gasteiger partial charge is 0.0697 e. The lowest BCUT2D eigenvalue weighted by Gasteiger charge is -2.48. The third-order valence-electron chi connectivity index (χ3n) is 5.49. The van der Waals surface area contributed by atoms with Crippen molar-refractivity contribution >= 4 is 0 Å². The molecule has 0 aromatic heterocycles. The monoisotopic (exact) mass is 251 g/mol. The van der Waals surface area contributed by atoms with E-state index in [1.54, 1.807) is 0 Å². The SMILES string of the molecule is CC1CCCC(NC2CCOC3(CCC3)C2)CC1. The summed E-state index contributed by atoms with van der Waals surface area (Å²) in [4.78, 5) is 0. The van der Waals surface area contributed by atoms with E-state index in [-0.39, 0.29) is 0 Å². The summed E-state index contributed by atoms with van der Waals surface area (Å²) in [5.41, 5.74) is 0.300. The molecule has 1 aliphatic heterocycles. The van der Waals surface area contributed by atoms with Crippen molar-refractivity contribution in [3.05, 3.63) is 0 Å². The molecule has 0 aromatic rings. The normalized spacial score (nSPS) is 40.2. The maximum absolute atomic E-state index is 6.02. The molecular weight excluding hydrogens is 222 g/mol. The first-order chi connectivity index (χ1) is 8.76. The molecule has 3 rings (SSSR count). The molecule has 2 saturated carbocycles. The number of hydrogen-bond acceptors (Lipinski definition) is 2. The van der Waals surface area contributed by atoms with Gasteiger partial charge in [0.15, 0.2) is 0 Å². The summed E-state index contributed by atoms with van der Waals surface area (Å²) >= 11 is 0. The molecule has 1 spiro atoms. The first-order valence-corrected chi connectivity index (χ1v) is 8.16. The standard InChI is InChI=1S/C16H29NO/c1-13-4-2-5-14(7-6-13)17-15-8-11-18-16(12-15)9-3-10-16/h13-15,17H,2-12H2,1H3. The van der Waals surface area contributed by atoms with E-state index in [0.29, 0.717) is 5.60 Å². The van der Waals surface area contributed by atoms with Crippen molar-refractivity contribution in [3.8, 4) is 0 Å². The maximum Gasteiger partial charge on any atom is 0.0697 e. The van der Waals surface area contributed by atoms with Gasteiger partial charge in [-0.15, -0.1) is 0 Å². The van der Waals surface area contributed by atoms with Crippen LogP contribution in [0.4, 0.5) is 0 Å². The summed E-state index contributed by atoms with van der Waals surface area (Å²) in [5, 5.41) is 3.96. The zero-order valence-corrected chi connectivity index (χ0v) is 11.9. The Morgan fingerprint density at radius 1 is 0.944 bits per heavy atom. The Labute approximate surface area is 112 Å². The molecule has 3 atom stereocenters. The Morgan fingerprint density at radius 2 is 1.83 bits per heavy atom. The molecule has 2 aliphatic carbocycles. The highest BCUT2D eigenvalue weighted by Gasteiger charge is 2.42. The highest BCUT2D eigenvalue weighted by Crippen LogP contribution is 2.42. The average Bonchev–Trinajstić information content (AvgIpc) is 2.53. The first-order valence-electron chi connectivity index (χ1n) is 8.16. The van der Waals surface area contributed by atoms with Crippen LogP contribution in [-0.4, -0.2) is 24.3 Å². The summed E-state index contributed by atoms with van der Waals surface area (Å²) in [7, 11) is 0. The number of rotatable bonds is 2. The quantitative estimate of drug-likeness (QED) is 0.756. The lowest BCUT2D eigenvalue weighted by atomic mass is 9.74. The summed E-state index contributed by atoms with van der Waals surface area (Å²) < 4.78 is 6.02. The summed E-state index contributed by atoms with van der Waals surface area (Å²) in [6, 6.07) is 1.52. The molecule has 3 unspecified atom stereocenters. The van der Waals surface area contributed by atoms with Crippen LogP contribution < -0.4 is 5.32 Å². The highest BCUT2D eigenvalue weighted by molar-refractivity contribution is 4.96. The molecule has 1 heterocycles. The Morgan fingerprint density at radius 3 is 2.61 bits per heavy atom. The van der Waals surface area contributed by atoms with Gasteiger partial charge in [0, 0.05) is 18.7 Å². The minimum absolute atomic E-state index is 0.300. The fourth-order valence-electron chi connectivity index (χ4n) is 4.08. The van der Waals surface area contributed by atoms with Crippen molar-refractivity contribution in [2.75, 3.05) is 6.61 Å². The molecule has 1 N–H and O–H groups in total. The first kappa shape index (κ1) is 12.9. The third-order valence-corrected chi connectivity index (χ3v) is 5.49. The molecule has 104 valence electrons. The van der Waals surface area contributed by atoms with Gasteiger partial charge >= 0.3 is 0 Å². The molecular formula is C16H29NO. The number of hydrogen-bond donors (Lipinski definition) is 1. The van der Waals surface area contributed by atoms with Gasteiger partial charge in [0.1, 0.15) is 0 Å². The van der Waals surface area contributed by atoms with Crippen molar-refractivity contribution in [2.45, 2.75) is 88.8 Å². The van der Waals surface area contributed by atoms with Crippen molar-refractivity contribution < 1.29 is 4.74 Å². The van der Waals surface area contributed by atoms with Crippen LogP contribution in [0.5, 0.6) is 0 Å². The second-order valence-electron chi connectivity index (χ2n) is 7.05. The molecule has 3 fully saturated rings. The molecule has 0 aromatic carbocycles. The van der Waals surface area contributed by atoms with Crippen LogP contribution in [0, 0.1) is 5.92 Å². The van der Waals surface area contributed by atoms with E-state index in [4.69, 9.17) is 4.74 Å². The fourth-order valence-corrected chi connectivity index (χ4v) is 4.08. The fraction of sp³-hybridized carbons (Fsp3) is 1.00. The van der Waals surface area contributed by atoms with Crippen molar-refractivity contribution in [1.82, 2.24) is 5.32 Å². The van der Waals surface area contributed by atoms with Gasteiger partial charge in [-0.1, -0.05) is 19.8 Å². The lowest BCUT2D eigenvalue weighted by Crippen LogP contribution is -2.52. The molecule has 2 heteroatoms. The molecule has 2 nitrogen and oxygen atoms in total. The van der Waals surface area contributed by atoms with Crippen LogP contribution >= 0.6 is 0 Å². The van der Waals surface area contributed by atoms with Gasteiger partial charge in [-0.25, -0.2) is 0 Å². The summed E-state index contributed by atoms with van der Waals surface area (Å²) in [6.07, 6.45) is 13.6. The van der Waals surface area contributed by atoms with E-state index in [1.165, 1.54) is 64.2 Å². The van der Waals surface area contributed by atoms with Crippen molar-refractivity contribution in [2.24, 2.45) is 5.92 Å². The highest BCUT2D eigenvalue weighted by atomic mass is 16.5. The van der Waals surface area contributed by atoms with E-state index < -0.39 is 0 Å². The Bertz CT molecular complexity index is 274. The zero-order chi connectivity index (χ0) is 12.4. The number of nitrogens with one attached hydrogen (secondary N) is 1. The van der Waals surface area contributed by atoms with Gasteiger partial charge in [-0.2, -0.15) is 0 Å². The Kier molecular flexibility index (Phi) is 3.95. The van der Waals surface area contributed by atoms with E-state index in [2.05, 4.69) is 12.2 Å². The van der Waals surface area contributed by atoms with E-state index in [1.807, 2.05) is 0 Å². The van der Waals surface area contributed by atoms with Crippen LogP contribution in [0.25, 0.3) is 0 Å². The second-order valence-corrected chi connectivity index (χ2v) is 7.05. The predicted molar refractivity (Wildman–Crippen MR) is 74.7 cm³/mol. The van der Waals surface area contributed by atoms with Crippen molar-refractivity contribution in [1.29, 1.82) is 0 Å². The second kappa shape index (κ2) is 5.50. The van der Waals surface area contributed by atoms with Gasteiger partial charge in [0.25, 0.3) is 0 Å². The Balaban J connectivity index is 1.49. The molecule has 0 bridgehead atoms. The molecule has 1 saturated heterocycles. The zero-order valence-electron chi connectivity index (χ0n) is 11.9. The minimum atomic E-state index is 0.300. The predicted octanol–water partition coefficient (Wildman–Crippen LogP) is 3.65. The average molecular weight is 251 g/mol. The maximum atomic E-state index is 6.02. The largest absolute Gasteiger partial charge is 0.375 e. The summed E-state index contributed by atoms with van der Waals surface area (Å²) in [5.74, 6) is 0.949. The minimum Gasteiger partial charge on any atom is -0.375 e. The van der Waals surface area contributed by atoms with Gasteiger partial charge in [0.2, 0.25) is 0 Å². The van der Waals surface area contributed by atoms with Crippen LogP contribution in [0.1, 0.15) is 71.1 Å². The van der Waals surface area contributed by atoms with E-state index in [9.17, 15) is 0 Å². The molecule has 18 heavy (non-hydrogen) atoms. The molecule has 0 amide bonds. The van der Waals surface area contributed by atoms with Gasteiger partial charge < -0.3 is 10.1 Å². The summed E-state index contributed by atoms with van der Waals surface area (Å²) in [6.45, 7) is 3.40. The van der Waals surface area contributed by atoms with Crippen LogP contribution in [0.2, 0.25) is 0 Å². The molecule has 0 radical (unpaired) electrons. The number of ether oxygens (including phenoxy) is 1. The van der Waals surface area contributed by atoms with Crippen molar-refractivity contribution in [3.63, 3.8) is 0 Å². The van der Waals surface area contributed by atoms with Gasteiger partial charge in [-0.3, -0.25) is 0 Å². The topological polar surface area (TPSA) is 21.3 Å². The lowest BCUT2D eigenvalue weighted by molar-refractivity contribution is -0.136. The van der Waals surface area contributed by atoms with E-state index >= 15 is 0 Å². The van der Waals surface area contributed by atoms with Crippen LogP contribution in [0.15, 0.2) is 0 Å². The van der Waals surface area contributed by atoms with Gasteiger partial charge in [0.05, 0.1) is 5.60 Å². The third kappa shape index (κ3) is 2.91. The van der Waals surface area contributed by atoms with Gasteiger partial charge in [-0.05, 0) is 57.3 Å². The van der Waals surface area contributed by atoms with E-state index in [0.717, 1.165) is 24.6 Å². The van der Waals surface area contributed by atoms with Crippen LogP contribution in [0.3, 0.4) is 0 Å². The molecule has 3 aliphatic rings. The Hall–Kier alpha value is -0.0800. The van der Waals surface area contributed by atoms with Crippen LogP contribution in [-0.2, 0) is 4.74 Å².